The van der Waals surface area contributed by atoms with Gasteiger partial charge in [-0.25, -0.2) is 0 Å². The summed E-state index contributed by atoms with van der Waals surface area (Å²) in [6.07, 6.45) is 0.822. The van der Waals surface area contributed by atoms with Crippen molar-refractivity contribution in [3.8, 4) is 0 Å². The molecule has 1 aromatic carbocycles. The number of halogens is 2. The van der Waals surface area contributed by atoms with E-state index in [4.69, 9.17) is 17.3 Å². The molecule has 0 spiro atoms. The number of nitro groups is 1. The zero-order valence-corrected chi connectivity index (χ0v) is 17.7. The molecule has 0 bridgehead atoms. The van der Waals surface area contributed by atoms with Gasteiger partial charge in [0.05, 0.1) is 15.5 Å². The molecule has 3 N–H and O–H groups in total. The number of rotatable bonds is 6. The van der Waals surface area contributed by atoms with Crippen molar-refractivity contribution < 1.29 is 14.5 Å². The van der Waals surface area contributed by atoms with Crippen LogP contribution in [-0.2, 0) is 4.79 Å². The molecule has 8 nitrogen and oxygen atoms in total. The van der Waals surface area contributed by atoms with Crippen LogP contribution < -0.4 is 11.1 Å². The number of nitrogens with zero attached hydrogens (tertiary/aromatic N) is 2. The van der Waals surface area contributed by atoms with Gasteiger partial charge in [0.2, 0.25) is 5.91 Å². The zero-order chi connectivity index (χ0) is 20.4. The number of non-ortho nitro benzene ring substituents is 1. The molecule has 1 aromatic rings. The molecule has 0 radical (unpaired) electrons. The lowest BCUT2D eigenvalue weighted by Crippen LogP contribution is -2.51. The highest BCUT2D eigenvalue weighted by atomic mass is 35.5. The largest absolute Gasteiger partial charge is 0.340 e. The van der Waals surface area contributed by atoms with Crippen molar-refractivity contribution in [2.45, 2.75) is 33.2 Å². The van der Waals surface area contributed by atoms with Crippen molar-refractivity contribution in [2.24, 2.45) is 17.1 Å². The molecule has 1 aliphatic heterocycles. The number of carbonyl (C=O) groups is 2. The summed E-state index contributed by atoms with van der Waals surface area (Å²) >= 11 is 6.02. The highest BCUT2D eigenvalue weighted by Gasteiger charge is 2.38. The molecular weight excluding hydrogens is 407 g/mol. The number of hydrogen-bond donors (Lipinski definition) is 2. The topological polar surface area (TPSA) is 119 Å². The first-order chi connectivity index (χ1) is 12.6. The molecule has 156 valence electrons. The Morgan fingerprint density at radius 2 is 2.07 bits per heavy atom. The average molecular weight is 433 g/mol. The fourth-order valence-electron chi connectivity index (χ4n) is 3.11. The summed E-state index contributed by atoms with van der Waals surface area (Å²) in [5.41, 5.74) is 5.58. The minimum atomic E-state index is -0.719. The van der Waals surface area contributed by atoms with Gasteiger partial charge in [0.1, 0.15) is 6.04 Å². The van der Waals surface area contributed by atoms with Gasteiger partial charge in [0.25, 0.3) is 11.6 Å². The fraction of sp³-hybridized carbons (Fsp3) is 0.556. The predicted molar refractivity (Wildman–Crippen MR) is 110 cm³/mol. The minimum Gasteiger partial charge on any atom is -0.340 e. The Bertz CT molecular complexity index is 759. The molecule has 0 aliphatic carbocycles. The number of carbonyl (C=O) groups excluding carboxylic acids is 2. The number of hydrogen-bond acceptors (Lipinski definition) is 5. The van der Waals surface area contributed by atoms with Gasteiger partial charge in [0.15, 0.2) is 0 Å². The van der Waals surface area contributed by atoms with Gasteiger partial charge < -0.3 is 16.0 Å². The molecule has 1 fully saturated rings. The van der Waals surface area contributed by atoms with Crippen molar-refractivity contribution in [2.75, 3.05) is 19.6 Å². The van der Waals surface area contributed by atoms with E-state index in [9.17, 15) is 19.7 Å². The Kier molecular flexibility index (Phi) is 8.22. The molecule has 0 aromatic heterocycles. The van der Waals surface area contributed by atoms with Gasteiger partial charge in [-0.15, -0.1) is 12.4 Å². The van der Waals surface area contributed by atoms with Crippen LogP contribution in [0.1, 0.15) is 37.6 Å². The number of benzene rings is 1. The molecular formula is C18H26Cl2N4O4. The number of nitro benzene ring substituents is 1. The van der Waals surface area contributed by atoms with E-state index in [1.165, 1.54) is 12.1 Å². The zero-order valence-electron chi connectivity index (χ0n) is 16.1. The first-order valence-electron chi connectivity index (χ1n) is 8.81. The average Bonchev–Trinajstić information content (AvgIpc) is 3.01. The van der Waals surface area contributed by atoms with Gasteiger partial charge in [0, 0.05) is 25.2 Å². The second-order valence-corrected chi connectivity index (χ2v) is 8.05. The van der Waals surface area contributed by atoms with E-state index in [0.717, 1.165) is 12.5 Å². The first-order valence-corrected chi connectivity index (χ1v) is 9.19. The highest BCUT2D eigenvalue weighted by molar-refractivity contribution is 6.34. The molecule has 2 unspecified atom stereocenters. The lowest BCUT2D eigenvalue weighted by Gasteiger charge is -2.28. The molecule has 10 heteroatoms. The maximum absolute atomic E-state index is 12.9. The summed E-state index contributed by atoms with van der Waals surface area (Å²) in [5.74, 6) is -0.834. The Morgan fingerprint density at radius 3 is 2.54 bits per heavy atom. The monoisotopic (exact) mass is 432 g/mol. The molecule has 28 heavy (non-hydrogen) atoms. The maximum atomic E-state index is 12.9. The Morgan fingerprint density at radius 1 is 1.43 bits per heavy atom. The van der Waals surface area contributed by atoms with Crippen LogP contribution in [-0.4, -0.2) is 47.3 Å². The van der Waals surface area contributed by atoms with Crippen molar-refractivity contribution in [1.82, 2.24) is 10.2 Å². The van der Waals surface area contributed by atoms with Crippen molar-refractivity contribution in [1.29, 1.82) is 0 Å². The number of amides is 2. The maximum Gasteiger partial charge on any atom is 0.270 e. The summed E-state index contributed by atoms with van der Waals surface area (Å²) in [6.45, 7) is 7.38. The van der Waals surface area contributed by atoms with Crippen LogP contribution in [0.2, 0.25) is 5.02 Å². The standard InChI is InChI=1S/C18H25ClN4O4.ClH/c1-11(2)15(17(25)22-7-6-18(3,9-20)10-22)21-16(24)13-5-4-12(23(26)27)8-14(13)19;/h4-5,8,11,15H,6-7,9-10,20H2,1-3H3,(H,21,24);1H. The summed E-state index contributed by atoms with van der Waals surface area (Å²) in [5, 5.41) is 13.5. The molecule has 2 amide bonds. The molecule has 0 saturated carbocycles. The van der Waals surface area contributed by atoms with E-state index in [2.05, 4.69) is 5.32 Å². The third kappa shape index (κ3) is 5.33. The minimum absolute atomic E-state index is 0. The number of nitrogens with one attached hydrogen (secondary N) is 1. The van der Waals surface area contributed by atoms with E-state index in [-0.39, 0.29) is 45.9 Å². The second kappa shape index (κ2) is 9.54. The van der Waals surface area contributed by atoms with Crippen LogP contribution in [0.25, 0.3) is 0 Å². The molecule has 2 rings (SSSR count). The number of nitrogens with two attached hydrogens (primary N) is 1. The van der Waals surface area contributed by atoms with Gasteiger partial charge in [-0.05, 0) is 30.4 Å². The third-order valence-electron chi connectivity index (χ3n) is 4.99. The van der Waals surface area contributed by atoms with Crippen molar-refractivity contribution in [3.63, 3.8) is 0 Å². The third-order valence-corrected chi connectivity index (χ3v) is 5.30. The quantitative estimate of drug-likeness (QED) is 0.528. The van der Waals surface area contributed by atoms with Crippen LogP contribution in [0.15, 0.2) is 18.2 Å². The SMILES string of the molecule is CC(C)C(NC(=O)c1ccc([N+](=O)[O-])cc1Cl)C(=O)N1CCC(C)(CN)C1.Cl. The van der Waals surface area contributed by atoms with Crippen LogP contribution >= 0.6 is 24.0 Å². The van der Waals surface area contributed by atoms with Crippen LogP contribution in [0.5, 0.6) is 0 Å². The lowest BCUT2D eigenvalue weighted by molar-refractivity contribution is -0.384. The van der Waals surface area contributed by atoms with E-state index >= 15 is 0 Å². The molecule has 1 aliphatic rings. The molecule has 1 heterocycles. The normalized spacial score (nSPS) is 19.9. The highest BCUT2D eigenvalue weighted by Crippen LogP contribution is 2.29. The Balaban J connectivity index is 0.00000392. The van der Waals surface area contributed by atoms with Crippen molar-refractivity contribution in [3.05, 3.63) is 38.9 Å². The summed E-state index contributed by atoms with van der Waals surface area (Å²) in [7, 11) is 0. The lowest BCUT2D eigenvalue weighted by atomic mass is 9.90. The predicted octanol–water partition coefficient (Wildman–Crippen LogP) is 2.62. The Hall–Kier alpha value is -1.90. The summed E-state index contributed by atoms with van der Waals surface area (Å²) in [4.78, 5) is 37.5. The smallest absolute Gasteiger partial charge is 0.270 e. The van der Waals surface area contributed by atoms with Crippen molar-refractivity contribution >= 4 is 41.5 Å². The van der Waals surface area contributed by atoms with E-state index in [1.54, 1.807) is 4.90 Å². The second-order valence-electron chi connectivity index (χ2n) is 7.64. The van der Waals surface area contributed by atoms with Crippen LogP contribution in [0, 0.1) is 21.4 Å². The van der Waals surface area contributed by atoms with Gasteiger partial charge in [-0.2, -0.15) is 0 Å². The van der Waals surface area contributed by atoms with E-state index < -0.39 is 16.9 Å². The van der Waals surface area contributed by atoms with Gasteiger partial charge >= 0.3 is 0 Å². The summed E-state index contributed by atoms with van der Waals surface area (Å²) < 4.78 is 0. The summed E-state index contributed by atoms with van der Waals surface area (Å²) in [6, 6.07) is 2.90. The Labute approximate surface area is 175 Å². The van der Waals surface area contributed by atoms with Gasteiger partial charge in [-0.3, -0.25) is 19.7 Å². The van der Waals surface area contributed by atoms with Crippen LogP contribution in [0.4, 0.5) is 5.69 Å². The number of likely N-dealkylation sites (tertiary alicyclic amines) is 1. The fourth-order valence-corrected chi connectivity index (χ4v) is 3.37. The van der Waals surface area contributed by atoms with Crippen LogP contribution in [0.3, 0.4) is 0 Å². The van der Waals surface area contributed by atoms with E-state index in [0.29, 0.717) is 19.6 Å². The van der Waals surface area contributed by atoms with E-state index in [1.807, 2.05) is 20.8 Å². The molecule has 2 atom stereocenters. The van der Waals surface area contributed by atoms with Gasteiger partial charge in [-0.1, -0.05) is 32.4 Å². The first kappa shape index (κ1) is 24.1. The molecule has 1 saturated heterocycles.